The highest BCUT2D eigenvalue weighted by molar-refractivity contribution is 6.04. The van der Waals surface area contributed by atoms with E-state index in [0.717, 1.165) is 5.56 Å². The van der Waals surface area contributed by atoms with Crippen molar-refractivity contribution in [3.8, 4) is 5.75 Å². The summed E-state index contributed by atoms with van der Waals surface area (Å²) in [7, 11) is 0. The molecule has 0 saturated carbocycles. The van der Waals surface area contributed by atoms with Gasteiger partial charge in [0.25, 0.3) is 0 Å². The van der Waals surface area contributed by atoms with Gasteiger partial charge in [-0.15, -0.1) is 0 Å². The molecule has 1 aromatic carbocycles. The summed E-state index contributed by atoms with van der Waals surface area (Å²) in [6.07, 6.45) is 3.05. The summed E-state index contributed by atoms with van der Waals surface area (Å²) in [5.74, 6) is -0.147. The third-order valence-electron chi connectivity index (χ3n) is 3.08. The molecule has 1 heterocycles. The van der Waals surface area contributed by atoms with E-state index in [2.05, 4.69) is 15.6 Å². The van der Waals surface area contributed by atoms with Gasteiger partial charge in [0, 0.05) is 18.9 Å². The van der Waals surface area contributed by atoms with Crippen molar-refractivity contribution in [1.29, 1.82) is 0 Å². The lowest BCUT2D eigenvalue weighted by Crippen LogP contribution is -2.27. The van der Waals surface area contributed by atoms with Crippen LogP contribution in [0.15, 0.2) is 48.8 Å². The minimum Gasteiger partial charge on any atom is -0.489 e. The largest absolute Gasteiger partial charge is 0.489 e. The molecular weight excluding hydrogens is 306 g/mol. The van der Waals surface area contributed by atoms with E-state index in [-0.39, 0.29) is 24.3 Å². The van der Waals surface area contributed by atoms with E-state index in [1.807, 2.05) is 19.9 Å². The first-order valence-corrected chi connectivity index (χ1v) is 7.75. The Kier molecular flexibility index (Phi) is 6.31. The molecule has 126 valence electrons. The van der Waals surface area contributed by atoms with Gasteiger partial charge in [-0.1, -0.05) is 12.1 Å². The lowest BCUT2D eigenvalue weighted by molar-refractivity contribution is -0.126. The van der Waals surface area contributed by atoms with E-state index in [1.165, 1.54) is 0 Å². The summed E-state index contributed by atoms with van der Waals surface area (Å²) in [6, 6.07) is 10.8. The van der Waals surface area contributed by atoms with Crippen LogP contribution in [0.5, 0.6) is 5.75 Å². The fraction of sp³-hybridized carbons (Fsp3) is 0.278. The van der Waals surface area contributed by atoms with Crippen molar-refractivity contribution in [2.45, 2.75) is 32.9 Å². The molecule has 0 fully saturated rings. The molecule has 0 aliphatic heterocycles. The van der Waals surface area contributed by atoms with Gasteiger partial charge in [-0.25, -0.2) is 0 Å². The predicted octanol–water partition coefficient (Wildman–Crippen LogP) is 2.51. The van der Waals surface area contributed by atoms with E-state index < -0.39 is 0 Å². The topological polar surface area (TPSA) is 80.3 Å². The number of para-hydroxylation sites is 2. The summed E-state index contributed by atoms with van der Waals surface area (Å²) >= 11 is 0. The Bertz CT molecular complexity index is 687. The number of pyridine rings is 1. The van der Waals surface area contributed by atoms with Crippen molar-refractivity contribution < 1.29 is 14.3 Å². The first-order chi connectivity index (χ1) is 11.5. The number of rotatable bonds is 7. The van der Waals surface area contributed by atoms with E-state index >= 15 is 0 Å². The number of hydrogen-bond donors (Lipinski definition) is 2. The first kappa shape index (κ1) is 17.5. The molecule has 0 unspecified atom stereocenters. The first-order valence-electron chi connectivity index (χ1n) is 7.75. The van der Waals surface area contributed by atoms with Crippen LogP contribution >= 0.6 is 0 Å². The van der Waals surface area contributed by atoms with E-state index in [9.17, 15) is 9.59 Å². The third kappa shape index (κ3) is 5.72. The minimum absolute atomic E-state index is 0.00767. The maximum Gasteiger partial charge on any atom is 0.233 e. The van der Waals surface area contributed by atoms with Crippen LogP contribution in [-0.2, 0) is 16.1 Å². The normalized spacial score (nSPS) is 10.3. The number of aromatic nitrogens is 1. The molecule has 0 radical (unpaired) electrons. The van der Waals surface area contributed by atoms with Crippen LogP contribution < -0.4 is 15.4 Å². The van der Waals surface area contributed by atoms with Gasteiger partial charge in [0.2, 0.25) is 11.8 Å². The molecule has 6 nitrogen and oxygen atoms in total. The number of carbonyl (C=O) groups excluding carboxylic acids is 2. The molecule has 0 aliphatic carbocycles. The quantitative estimate of drug-likeness (QED) is 0.766. The van der Waals surface area contributed by atoms with Gasteiger partial charge in [0.15, 0.2) is 0 Å². The minimum atomic E-state index is -0.387. The summed E-state index contributed by atoms with van der Waals surface area (Å²) in [6.45, 7) is 4.18. The van der Waals surface area contributed by atoms with Crippen LogP contribution in [0.1, 0.15) is 25.8 Å². The highest BCUT2D eigenvalue weighted by atomic mass is 16.5. The smallest absolute Gasteiger partial charge is 0.233 e. The zero-order valence-electron chi connectivity index (χ0n) is 13.8. The lowest BCUT2D eigenvalue weighted by atomic mass is 10.2. The number of nitrogens with zero attached hydrogens (tertiary/aromatic N) is 1. The van der Waals surface area contributed by atoms with E-state index in [0.29, 0.717) is 18.0 Å². The summed E-state index contributed by atoms with van der Waals surface area (Å²) < 4.78 is 5.64. The maximum atomic E-state index is 12.0. The maximum absolute atomic E-state index is 12.0. The molecule has 24 heavy (non-hydrogen) atoms. The average Bonchev–Trinajstić information content (AvgIpc) is 2.55. The van der Waals surface area contributed by atoms with Gasteiger partial charge >= 0.3 is 0 Å². The Morgan fingerprint density at radius 2 is 1.79 bits per heavy atom. The van der Waals surface area contributed by atoms with Crippen LogP contribution in [0.25, 0.3) is 0 Å². The van der Waals surface area contributed by atoms with Crippen LogP contribution in [0, 0.1) is 0 Å². The zero-order valence-corrected chi connectivity index (χ0v) is 13.8. The fourth-order valence-electron chi connectivity index (χ4n) is 2.03. The molecule has 0 saturated heterocycles. The van der Waals surface area contributed by atoms with Gasteiger partial charge in [-0.05, 0) is 43.7 Å². The van der Waals surface area contributed by atoms with Gasteiger partial charge in [-0.2, -0.15) is 0 Å². The Labute approximate surface area is 141 Å². The van der Waals surface area contributed by atoms with Crippen molar-refractivity contribution >= 4 is 17.5 Å². The molecular formula is C18H21N3O3. The number of nitrogens with one attached hydrogen (secondary N) is 2. The number of benzene rings is 1. The summed E-state index contributed by atoms with van der Waals surface area (Å²) in [5, 5.41) is 5.41. The molecule has 0 aliphatic rings. The number of amides is 2. The SMILES string of the molecule is CC(C)Oc1ccccc1NC(=O)CC(=O)NCc1ccncc1. The standard InChI is InChI=1S/C18H21N3O3/c1-13(2)24-16-6-4-3-5-15(16)21-18(23)11-17(22)20-12-14-7-9-19-10-8-14/h3-10,13H,11-12H2,1-2H3,(H,20,22)(H,21,23). The number of anilines is 1. The fourth-order valence-corrected chi connectivity index (χ4v) is 2.03. The van der Waals surface area contributed by atoms with Crippen LogP contribution in [-0.4, -0.2) is 22.9 Å². The van der Waals surface area contributed by atoms with Gasteiger partial charge in [0.05, 0.1) is 11.8 Å². The number of ether oxygens (including phenoxy) is 1. The molecule has 1 aromatic heterocycles. The van der Waals surface area contributed by atoms with Gasteiger partial charge in [-0.3, -0.25) is 14.6 Å². The number of hydrogen-bond acceptors (Lipinski definition) is 4. The van der Waals surface area contributed by atoms with Crippen LogP contribution in [0.2, 0.25) is 0 Å². The molecule has 6 heteroatoms. The highest BCUT2D eigenvalue weighted by Gasteiger charge is 2.12. The number of carbonyl (C=O) groups is 2. The molecule has 2 rings (SSSR count). The van der Waals surface area contributed by atoms with Crippen LogP contribution in [0.4, 0.5) is 5.69 Å². The second kappa shape index (κ2) is 8.67. The molecule has 2 amide bonds. The van der Waals surface area contributed by atoms with E-state index in [1.54, 1.807) is 42.7 Å². The van der Waals surface area contributed by atoms with Gasteiger partial charge < -0.3 is 15.4 Å². The van der Waals surface area contributed by atoms with Crippen molar-refractivity contribution in [2.75, 3.05) is 5.32 Å². The Morgan fingerprint density at radius 1 is 1.08 bits per heavy atom. The van der Waals surface area contributed by atoms with E-state index in [4.69, 9.17) is 4.74 Å². The highest BCUT2D eigenvalue weighted by Crippen LogP contribution is 2.24. The Hall–Kier alpha value is -2.89. The molecule has 0 atom stereocenters. The second-order valence-electron chi connectivity index (χ2n) is 5.52. The summed E-state index contributed by atoms with van der Waals surface area (Å²) in [5.41, 5.74) is 1.48. The lowest BCUT2D eigenvalue weighted by Gasteiger charge is -2.14. The van der Waals surface area contributed by atoms with Crippen molar-refractivity contribution in [3.05, 3.63) is 54.4 Å². The van der Waals surface area contributed by atoms with Crippen LogP contribution in [0.3, 0.4) is 0 Å². The van der Waals surface area contributed by atoms with Crippen molar-refractivity contribution in [2.24, 2.45) is 0 Å². The molecule has 2 aromatic rings. The Morgan fingerprint density at radius 3 is 2.50 bits per heavy atom. The average molecular weight is 327 g/mol. The second-order valence-corrected chi connectivity index (χ2v) is 5.52. The molecule has 0 bridgehead atoms. The zero-order chi connectivity index (χ0) is 17.4. The third-order valence-corrected chi connectivity index (χ3v) is 3.08. The monoisotopic (exact) mass is 327 g/mol. The predicted molar refractivity (Wildman–Crippen MR) is 91.5 cm³/mol. The Balaban J connectivity index is 1.85. The molecule has 2 N–H and O–H groups in total. The van der Waals surface area contributed by atoms with Crippen molar-refractivity contribution in [3.63, 3.8) is 0 Å². The summed E-state index contributed by atoms with van der Waals surface area (Å²) in [4.78, 5) is 27.8. The van der Waals surface area contributed by atoms with Crippen molar-refractivity contribution in [1.82, 2.24) is 10.3 Å². The molecule has 0 spiro atoms. The van der Waals surface area contributed by atoms with Gasteiger partial charge in [0.1, 0.15) is 12.2 Å².